The number of hydrogen-bond acceptors (Lipinski definition) is 6. The molecular weight excluding hydrogens is 482 g/mol. The van der Waals surface area contributed by atoms with Gasteiger partial charge < -0.3 is 15.0 Å². The number of amides is 1. The third-order valence-corrected chi connectivity index (χ3v) is 6.58. The van der Waals surface area contributed by atoms with Gasteiger partial charge in [-0.3, -0.25) is 4.79 Å². The summed E-state index contributed by atoms with van der Waals surface area (Å²) in [5.74, 6) is -0.551. The SMILES string of the molecule is CC1=C(C(=O)OC(C)(C)C)C(c2cccc(Cl)c2)N2C(CC(=O)NCc3ccccc3)=CSC2=N1. The highest BCUT2D eigenvalue weighted by Crippen LogP contribution is 2.45. The van der Waals surface area contributed by atoms with Crippen molar-refractivity contribution in [3.05, 3.63) is 93.1 Å². The molecule has 0 aromatic heterocycles. The van der Waals surface area contributed by atoms with Gasteiger partial charge in [-0.25, -0.2) is 9.79 Å². The van der Waals surface area contributed by atoms with Crippen LogP contribution in [0, 0.1) is 0 Å². The molecule has 1 atom stereocenters. The lowest BCUT2D eigenvalue weighted by Crippen LogP contribution is -2.39. The molecule has 0 bridgehead atoms. The summed E-state index contributed by atoms with van der Waals surface area (Å²) < 4.78 is 5.75. The number of hydrogen-bond donors (Lipinski definition) is 1. The van der Waals surface area contributed by atoms with Crippen molar-refractivity contribution in [2.45, 2.75) is 52.3 Å². The fourth-order valence-electron chi connectivity index (χ4n) is 3.98. The number of amidine groups is 1. The summed E-state index contributed by atoms with van der Waals surface area (Å²) in [6.07, 6.45) is 0.149. The molecule has 4 rings (SSSR count). The molecule has 2 aromatic rings. The molecule has 2 heterocycles. The van der Waals surface area contributed by atoms with Gasteiger partial charge in [0.25, 0.3) is 0 Å². The molecule has 182 valence electrons. The van der Waals surface area contributed by atoms with Crippen molar-refractivity contribution in [3.63, 3.8) is 0 Å². The summed E-state index contributed by atoms with van der Waals surface area (Å²) in [4.78, 5) is 32.9. The van der Waals surface area contributed by atoms with Gasteiger partial charge in [-0.05, 0) is 56.4 Å². The first-order valence-electron chi connectivity index (χ1n) is 11.4. The predicted molar refractivity (Wildman–Crippen MR) is 141 cm³/mol. The first kappa shape index (κ1) is 25.1. The monoisotopic (exact) mass is 509 g/mol. The molecule has 0 spiro atoms. The smallest absolute Gasteiger partial charge is 0.338 e. The molecule has 0 saturated carbocycles. The molecule has 8 heteroatoms. The molecular formula is C27H28ClN3O3S. The zero-order valence-electron chi connectivity index (χ0n) is 20.2. The fraction of sp³-hybridized carbons (Fsp3) is 0.296. The van der Waals surface area contributed by atoms with Crippen LogP contribution < -0.4 is 5.32 Å². The molecule has 0 aliphatic carbocycles. The molecule has 1 unspecified atom stereocenters. The number of halogens is 1. The van der Waals surface area contributed by atoms with Crippen LogP contribution in [0.2, 0.25) is 5.02 Å². The molecule has 0 radical (unpaired) electrons. The normalized spacial score (nSPS) is 17.5. The number of carbonyl (C=O) groups excluding carboxylic acids is 2. The van der Waals surface area contributed by atoms with Crippen LogP contribution in [0.3, 0.4) is 0 Å². The van der Waals surface area contributed by atoms with E-state index in [-0.39, 0.29) is 12.3 Å². The number of rotatable bonds is 6. The van der Waals surface area contributed by atoms with E-state index < -0.39 is 17.6 Å². The number of esters is 1. The van der Waals surface area contributed by atoms with E-state index in [4.69, 9.17) is 21.3 Å². The summed E-state index contributed by atoms with van der Waals surface area (Å²) in [6.45, 7) is 7.76. The highest BCUT2D eigenvalue weighted by atomic mass is 35.5. The van der Waals surface area contributed by atoms with E-state index in [1.165, 1.54) is 11.8 Å². The molecule has 2 aliphatic heterocycles. The minimum atomic E-state index is -0.664. The Bertz CT molecular complexity index is 1230. The number of benzene rings is 2. The van der Waals surface area contributed by atoms with Gasteiger partial charge in [0.15, 0.2) is 5.17 Å². The second-order valence-corrected chi connectivity index (χ2v) is 10.7. The number of nitrogens with zero attached hydrogens (tertiary/aromatic N) is 2. The van der Waals surface area contributed by atoms with Crippen LogP contribution in [0.5, 0.6) is 0 Å². The van der Waals surface area contributed by atoms with Gasteiger partial charge in [0, 0.05) is 17.3 Å². The second-order valence-electron chi connectivity index (χ2n) is 9.39. The highest BCUT2D eigenvalue weighted by molar-refractivity contribution is 8.16. The Labute approximate surface area is 215 Å². The van der Waals surface area contributed by atoms with Gasteiger partial charge in [-0.2, -0.15) is 0 Å². The van der Waals surface area contributed by atoms with Crippen LogP contribution in [0.15, 0.2) is 82.0 Å². The third kappa shape index (κ3) is 5.97. The standard InChI is InChI=1S/C27H28ClN3O3S/c1-17-23(25(33)34-27(2,3)4)24(19-11-8-12-20(28)13-19)31-21(16-35-26(31)30-17)14-22(32)29-15-18-9-6-5-7-10-18/h5-13,16,24H,14-15H2,1-4H3,(H,29,32). The average Bonchev–Trinajstić information content (AvgIpc) is 3.18. The lowest BCUT2D eigenvalue weighted by atomic mass is 9.93. The summed E-state index contributed by atoms with van der Waals surface area (Å²) in [7, 11) is 0. The Morgan fingerprint density at radius 1 is 1.14 bits per heavy atom. The van der Waals surface area contributed by atoms with E-state index in [9.17, 15) is 9.59 Å². The molecule has 1 amide bonds. The van der Waals surface area contributed by atoms with Crippen LogP contribution in [0.25, 0.3) is 0 Å². The Morgan fingerprint density at radius 3 is 2.57 bits per heavy atom. The Hall–Kier alpha value is -3.03. The number of carbonyl (C=O) groups is 2. The molecule has 0 fully saturated rings. The number of thioether (sulfide) groups is 1. The van der Waals surface area contributed by atoms with E-state index in [2.05, 4.69) is 5.32 Å². The number of fused-ring (bicyclic) bond motifs is 1. The maximum Gasteiger partial charge on any atom is 0.338 e. The zero-order valence-corrected chi connectivity index (χ0v) is 21.7. The van der Waals surface area contributed by atoms with Crippen molar-refractivity contribution in [1.29, 1.82) is 0 Å². The largest absolute Gasteiger partial charge is 0.456 e. The molecule has 1 N–H and O–H groups in total. The molecule has 2 aliphatic rings. The highest BCUT2D eigenvalue weighted by Gasteiger charge is 2.41. The van der Waals surface area contributed by atoms with Crippen molar-refractivity contribution < 1.29 is 14.3 Å². The van der Waals surface area contributed by atoms with Gasteiger partial charge >= 0.3 is 5.97 Å². The lowest BCUT2D eigenvalue weighted by molar-refractivity contribution is -0.150. The van der Waals surface area contributed by atoms with E-state index in [1.807, 2.05) is 86.5 Å². The van der Waals surface area contributed by atoms with Crippen molar-refractivity contribution in [3.8, 4) is 0 Å². The third-order valence-electron chi connectivity index (χ3n) is 5.46. The molecule has 2 aromatic carbocycles. The molecule has 6 nitrogen and oxygen atoms in total. The van der Waals surface area contributed by atoms with Gasteiger partial charge in [-0.15, -0.1) is 0 Å². The van der Waals surface area contributed by atoms with Crippen LogP contribution in [-0.4, -0.2) is 27.5 Å². The maximum absolute atomic E-state index is 13.4. The topological polar surface area (TPSA) is 71.0 Å². The minimum Gasteiger partial charge on any atom is -0.456 e. The van der Waals surface area contributed by atoms with Crippen molar-refractivity contribution in [2.24, 2.45) is 4.99 Å². The molecule has 0 saturated heterocycles. The van der Waals surface area contributed by atoms with Crippen LogP contribution >= 0.6 is 23.4 Å². The van der Waals surface area contributed by atoms with Gasteiger partial charge in [0.05, 0.1) is 23.7 Å². The Morgan fingerprint density at radius 2 is 1.89 bits per heavy atom. The second kappa shape index (κ2) is 10.3. The fourth-order valence-corrected chi connectivity index (χ4v) is 5.14. The zero-order chi connectivity index (χ0) is 25.2. The predicted octanol–water partition coefficient (Wildman–Crippen LogP) is 5.96. The molecule has 35 heavy (non-hydrogen) atoms. The number of ether oxygens (including phenoxy) is 1. The number of allylic oxidation sites excluding steroid dienone is 1. The van der Waals surface area contributed by atoms with Gasteiger partial charge in [0.2, 0.25) is 5.91 Å². The van der Waals surface area contributed by atoms with Crippen molar-refractivity contribution >= 4 is 40.4 Å². The van der Waals surface area contributed by atoms with E-state index in [0.29, 0.717) is 28.0 Å². The Kier molecular flexibility index (Phi) is 7.38. The van der Waals surface area contributed by atoms with E-state index in [0.717, 1.165) is 16.8 Å². The first-order chi connectivity index (χ1) is 16.6. The maximum atomic E-state index is 13.4. The van der Waals surface area contributed by atoms with Crippen LogP contribution in [0.1, 0.15) is 51.3 Å². The van der Waals surface area contributed by atoms with Crippen LogP contribution in [-0.2, 0) is 20.9 Å². The summed E-state index contributed by atoms with van der Waals surface area (Å²) in [6, 6.07) is 16.6. The van der Waals surface area contributed by atoms with Crippen molar-refractivity contribution in [1.82, 2.24) is 10.2 Å². The van der Waals surface area contributed by atoms with E-state index in [1.54, 1.807) is 6.07 Å². The lowest BCUT2D eigenvalue weighted by Gasteiger charge is -2.37. The van der Waals surface area contributed by atoms with Crippen LogP contribution in [0.4, 0.5) is 0 Å². The van der Waals surface area contributed by atoms with Gasteiger partial charge in [0.1, 0.15) is 5.60 Å². The minimum absolute atomic E-state index is 0.114. The number of nitrogens with one attached hydrogen (secondary N) is 1. The van der Waals surface area contributed by atoms with Crippen molar-refractivity contribution in [2.75, 3.05) is 0 Å². The average molecular weight is 510 g/mol. The van der Waals surface area contributed by atoms with Gasteiger partial charge in [-0.1, -0.05) is 65.8 Å². The summed E-state index contributed by atoms with van der Waals surface area (Å²) in [5.41, 5.74) is 2.97. The number of aliphatic imine (C=N–C) groups is 1. The first-order valence-corrected chi connectivity index (χ1v) is 12.6. The van der Waals surface area contributed by atoms with E-state index >= 15 is 0 Å². The quantitative estimate of drug-likeness (QED) is 0.486. The Balaban J connectivity index is 1.63. The summed E-state index contributed by atoms with van der Waals surface area (Å²) >= 11 is 7.77. The summed E-state index contributed by atoms with van der Waals surface area (Å²) in [5, 5.41) is 6.17.